The number of rotatable bonds is 5. The van der Waals surface area contributed by atoms with Crippen molar-refractivity contribution in [2.24, 2.45) is 0 Å². The van der Waals surface area contributed by atoms with E-state index < -0.39 is 0 Å². The Balaban J connectivity index is 2.12. The Hall–Kier alpha value is -2.07. The number of benzene rings is 1. The van der Waals surface area contributed by atoms with Crippen LogP contribution >= 0.6 is 11.6 Å². The highest BCUT2D eigenvalue weighted by atomic mass is 35.5. The third-order valence-electron chi connectivity index (χ3n) is 3.88. The maximum atomic E-state index is 12.5. The molecule has 1 heterocycles. The lowest BCUT2D eigenvalue weighted by atomic mass is 10.1. The first-order valence-electron chi connectivity index (χ1n) is 7.55. The molecule has 0 saturated heterocycles. The number of aryl methyl sites for hydroxylation is 1. The average molecular weight is 333 g/mol. The highest BCUT2D eigenvalue weighted by molar-refractivity contribution is 6.31. The molecule has 2 N–H and O–H groups in total. The predicted octanol–water partition coefficient (Wildman–Crippen LogP) is 3.85. The number of halogens is 1. The number of carbonyl (C=O) groups excluding carboxylic acids is 2. The molecule has 1 aromatic heterocycles. The first-order valence-corrected chi connectivity index (χ1v) is 7.93. The van der Waals surface area contributed by atoms with Crippen LogP contribution in [0.15, 0.2) is 24.3 Å². The second kappa shape index (κ2) is 7.01. The molecular weight excluding hydrogens is 312 g/mol. The largest absolute Gasteiger partial charge is 0.354 e. The van der Waals surface area contributed by atoms with E-state index in [1.165, 1.54) is 6.92 Å². The van der Waals surface area contributed by atoms with Crippen molar-refractivity contribution in [2.45, 2.75) is 40.2 Å². The minimum Gasteiger partial charge on any atom is -0.354 e. The van der Waals surface area contributed by atoms with E-state index in [4.69, 9.17) is 11.6 Å². The van der Waals surface area contributed by atoms with Crippen LogP contribution in [0.5, 0.6) is 0 Å². The quantitative estimate of drug-likeness (QED) is 0.817. The van der Waals surface area contributed by atoms with E-state index in [0.29, 0.717) is 28.3 Å². The van der Waals surface area contributed by atoms with Crippen LogP contribution in [0, 0.1) is 13.8 Å². The first kappa shape index (κ1) is 17.3. The van der Waals surface area contributed by atoms with Gasteiger partial charge in [0, 0.05) is 22.3 Å². The van der Waals surface area contributed by atoms with Crippen molar-refractivity contribution < 1.29 is 9.59 Å². The fraction of sp³-hybridized carbons (Fsp3) is 0.333. The van der Waals surface area contributed by atoms with Gasteiger partial charge in [0.1, 0.15) is 5.69 Å². The van der Waals surface area contributed by atoms with Gasteiger partial charge in [0.15, 0.2) is 5.78 Å². The van der Waals surface area contributed by atoms with Gasteiger partial charge in [-0.2, -0.15) is 0 Å². The van der Waals surface area contributed by atoms with E-state index in [1.54, 1.807) is 13.8 Å². The maximum Gasteiger partial charge on any atom is 0.268 e. The molecule has 0 aliphatic heterocycles. The minimum atomic E-state index is -0.211. The van der Waals surface area contributed by atoms with Gasteiger partial charge >= 0.3 is 0 Å². The SMILES string of the molecule is CC(=O)c1c(C)[nH]c(C(=O)N[C@H](C)Cc2ccccc2Cl)c1C. The van der Waals surface area contributed by atoms with Crippen molar-refractivity contribution in [2.75, 3.05) is 0 Å². The molecule has 23 heavy (non-hydrogen) atoms. The lowest BCUT2D eigenvalue weighted by Gasteiger charge is -2.14. The van der Waals surface area contributed by atoms with Crippen molar-refractivity contribution in [3.63, 3.8) is 0 Å². The predicted molar refractivity (Wildman–Crippen MR) is 92.4 cm³/mol. The van der Waals surface area contributed by atoms with Crippen molar-refractivity contribution in [3.05, 3.63) is 57.4 Å². The molecule has 4 nitrogen and oxygen atoms in total. The molecule has 0 saturated carbocycles. The summed E-state index contributed by atoms with van der Waals surface area (Å²) >= 11 is 6.15. The van der Waals surface area contributed by atoms with Crippen LogP contribution in [-0.4, -0.2) is 22.7 Å². The summed E-state index contributed by atoms with van der Waals surface area (Å²) < 4.78 is 0. The van der Waals surface area contributed by atoms with Crippen LogP contribution < -0.4 is 5.32 Å². The molecule has 2 rings (SSSR count). The molecule has 0 fully saturated rings. The average Bonchev–Trinajstić information content (AvgIpc) is 2.76. The zero-order chi connectivity index (χ0) is 17.1. The number of amides is 1. The molecule has 2 aromatic rings. The Morgan fingerprint density at radius 3 is 2.48 bits per heavy atom. The van der Waals surface area contributed by atoms with E-state index in [9.17, 15) is 9.59 Å². The highest BCUT2D eigenvalue weighted by Crippen LogP contribution is 2.19. The molecule has 0 radical (unpaired) electrons. The normalized spacial score (nSPS) is 12.0. The molecule has 1 aromatic carbocycles. The fourth-order valence-corrected chi connectivity index (χ4v) is 3.06. The second-order valence-corrected chi connectivity index (χ2v) is 6.26. The summed E-state index contributed by atoms with van der Waals surface area (Å²) in [6, 6.07) is 7.51. The molecule has 5 heteroatoms. The molecule has 0 bridgehead atoms. The number of aromatic amines is 1. The van der Waals surface area contributed by atoms with Crippen molar-refractivity contribution >= 4 is 23.3 Å². The highest BCUT2D eigenvalue weighted by Gasteiger charge is 2.21. The molecule has 0 aliphatic rings. The molecule has 0 aliphatic carbocycles. The summed E-state index contributed by atoms with van der Waals surface area (Å²) in [4.78, 5) is 27.1. The van der Waals surface area contributed by atoms with E-state index >= 15 is 0 Å². The van der Waals surface area contributed by atoms with Crippen LogP contribution in [-0.2, 0) is 6.42 Å². The minimum absolute atomic E-state index is 0.0422. The van der Waals surface area contributed by atoms with Gasteiger partial charge in [0.2, 0.25) is 0 Å². The van der Waals surface area contributed by atoms with E-state index in [1.807, 2.05) is 31.2 Å². The Morgan fingerprint density at radius 2 is 1.91 bits per heavy atom. The number of hydrogen-bond donors (Lipinski definition) is 2. The van der Waals surface area contributed by atoms with Gasteiger partial charge in [-0.05, 0) is 51.3 Å². The number of aromatic nitrogens is 1. The zero-order valence-corrected chi connectivity index (χ0v) is 14.5. The van der Waals surface area contributed by atoms with Crippen molar-refractivity contribution in [1.29, 1.82) is 0 Å². The van der Waals surface area contributed by atoms with Gasteiger partial charge in [-0.1, -0.05) is 29.8 Å². The number of H-pyrrole nitrogens is 1. The molecule has 122 valence electrons. The van der Waals surface area contributed by atoms with Gasteiger partial charge < -0.3 is 10.3 Å². The standard InChI is InChI=1S/C18H21ClN2O2/c1-10(9-14-7-5-6-8-15(14)19)20-18(23)17-11(2)16(13(4)22)12(3)21-17/h5-8,10,21H,9H2,1-4H3,(H,20,23)/t10-/m1/s1. The Labute approximate surface area is 141 Å². The number of hydrogen-bond acceptors (Lipinski definition) is 2. The number of nitrogens with one attached hydrogen (secondary N) is 2. The molecular formula is C18H21ClN2O2. The van der Waals surface area contributed by atoms with Gasteiger partial charge in [0.05, 0.1) is 0 Å². The molecule has 0 unspecified atom stereocenters. The fourth-order valence-electron chi connectivity index (χ4n) is 2.85. The van der Waals surface area contributed by atoms with Crippen LogP contribution in [0.2, 0.25) is 5.02 Å². The lowest BCUT2D eigenvalue weighted by molar-refractivity contribution is 0.0934. The van der Waals surface area contributed by atoms with Gasteiger partial charge in [-0.25, -0.2) is 0 Å². The molecule has 0 spiro atoms. The topological polar surface area (TPSA) is 62.0 Å². The summed E-state index contributed by atoms with van der Waals surface area (Å²) in [5, 5.41) is 3.65. The van der Waals surface area contributed by atoms with Crippen LogP contribution in [0.1, 0.15) is 51.5 Å². The van der Waals surface area contributed by atoms with Gasteiger partial charge in [0.25, 0.3) is 5.91 Å². The van der Waals surface area contributed by atoms with E-state index in [-0.39, 0.29) is 17.7 Å². The van der Waals surface area contributed by atoms with Gasteiger partial charge in [-0.15, -0.1) is 0 Å². The van der Waals surface area contributed by atoms with Gasteiger partial charge in [-0.3, -0.25) is 9.59 Å². The Morgan fingerprint density at radius 1 is 1.26 bits per heavy atom. The Bertz CT molecular complexity index is 749. The maximum absolute atomic E-state index is 12.5. The van der Waals surface area contributed by atoms with E-state index in [0.717, 1.165) is 11.3 Å². The van der Waals surface area contributed by atoms with Crippen molar-refractivity contribution in [3.8, 4) is 0 Å². The monoisotopic (exact) mass is 332 g/mol. The van der Waals surface area contributed by atoms with Crippen LogP contribution in [0.4, 0.5) is 0 Å². The van der Waals surface area contributed by atoms with Crippen LogP contribution in [0.3, 0.4) is 0 Å². The number of Topliss-reactive ketones (excluding diaryl/α,β-unsaturated/α-hetero) is 1. The third kappa shape index (κ3) is 3.82. The first-order chi connectivity index (χ1) is 10.8. The summed E-state index contributed by atoms with van der Waals surface area (Å²) in [7, 11) is 0. The lowest BCUT2D eigenvalue weighted by Crippen LogP contribution is -2.34. The summed E-state index contributed by atoms with van der Waals surface area (Å²) in [5.74, 6) is -0.253. The molecule has 1 atom stereocenters. The number of ketones is 1. The number of carbonyl (C=O) groups is 2. The van der Waals surface area contributed by atoms with Crippen LogP contribution in [0.25, 0.3) is 0 Å². The van der Waals surface area contributed by atoms with Crippen molar-refractivity contribution in [1.82, 2.24) is 10.3 Å². The molecule has 1 amide bonds. The smallest absolute Gasteiger partial charge is 0.268 e. The summed E-state index contributed by atoms with van der Waals surface area (Å²) in [5.41, 5.74) is 3.44. The summed E-state index contributed by atoms with van der Waals surface area (Å²) in [6.07, 6.45) is 0.643. The van der Waals surface area contributed by atoms with E-state index in [2.05, 4.69) is 10.3 Å². The zero-order valence-electron chi connectivity index (χ0n) is 13.8. The summed E-state index contributed by atoms with van der Waals surface area (Å²) in [6.45, 7) is 7.02. The third-order valence-corrected chi connectivity index (χ3v) is 4.25. The second-order valence-electron chi connectivity index (χ2n) is 5.85. The Kier molecular flexibility index (Phi) is 5.26.